The first-order valence-corrected chi connectivity index (χ1v) is 5.94. The molecule has 0 saturated carbocycles. The van der Waals surface area contributed by atoms with Crippen molar-refractivity contribution in [1.82, 2.24) is 10.3 Å². The van der Waals surface area contributed by atoms with E-state index in [1.807, 2.05) is 23.9 Å². The predicted molar refractivity (Wildman–Crippen MR) is 58.8 cm³/mol. The van der Waals surface area contributed by atoms with Gasteiger partial charge in [0, 0.05) is 30.3 Å². The lowest BCUT2D eigenvalue weighted by molar-refractivity contribution is 0.307. The lowest BCUT2D eigenvalue weighted by Crippen LogP contribution is -2.42. The molecule has 1 saturated heterocycles. The second kappa shape index (κ2) is 5.22. The third-order valence-electron chi connectivity index (χ3n) is 2.08. The molecular weight excluding hydrogens is 196 g/mol. The quantitative estimate of drug-likeness (QED) is 0.740. The molecule has 76 valence electrons. The predicted octanol–water partition coefficient (Wildman–Crippen LogP) is 1.17. The summed E-state index contributed by atoms with van der Waals surface area (Å²) in [4.78, 5) is 3.98. The van der Waals surface area contributed by atoms with Gasteiger partial charge in [0.1, 0.15) is 12.4 Å². The van der Waals surface area contributed by atoms with E-state index in [2.05, 4.69) is 10.3 Å². The Bertz CT molecular complexity index is 264. The number of nitrogens with zero attached hydrogens (tertiary/aromatic N) is 1. The van der Waals surface area contributed by atoms with Crippen LogP contribution in [0.3, 0.4) is 0 Å². The first-order valence-electron chi connectivity index (χ1n) is 4.79. The van der Waals surface area contributed by atoms with Gasteiger partial charge >= 0.3 is 0 Å². The lowest BCUT2D eigenvalue weighted by atomic mass is 10.4. The molecule has 3 nitrogen and oxygen atoms in total. The molecule has 4 heteroatoms. The van der Waals surface area contributed by atoms with Gasteiger partial charge in [-0.3, -0.25) is 4.98 Å². The van der Waals surface area contributed by atoms with Gasteiger partial charge < -0.3 is 10.1 Å². The number of aromatic nitrogens is 1. The van der Waals surface area contributed by atoms with E-state index >= 15 is 0 Å². The highest BCUT2D eigenvalue weighted by molar-refractivity contribution is 8.00. The molecule has 2 rings (SSSR count). The molecule has 1 fully saturated rings. The Morgan fingerprint density at radius 2 is 2.50 bits per heavy atom. The summed E-state index contributed by atoms with van der Waals surface area (Å²) < 4.78 is 5.49. The van der Waals surface area contributed by atoms with Crippen LogP contribution in [0.15, 0.2) is 24.5 Å². The highest BCUT2D eigenvalue weighted by Gasteiger charge is 2.16. The van der Waals surface area contributed by atoms with E-state index in [-0.39, 0.29) is 0 Å². The number of pyridine rings is 1. The average molecular weight is 210 g/mol. The number of rotatable bonds is 5. The Morgan fingerprint density at radius 3 is 3.14 bits per heavy atom. The monoisotopic (exact) mass is 210 g/mol. The number of hydrogen-bond donors (Lipinski definition) is 1. The van der Waals surface area contributed by atoms with E-state index in [1.54, 1.807) is 12.4 Å². The van der Waals surface area contributed by atoms with Gasteiger partial charge in [-0.15, -0.1) is 0 Å². The Labute approximate surface area is 88.3 Å². The van der Waals surface area contributed by atoms with Gasteiger partial charge in [-0.1, -0.05) is 0 Å². The van der Waals surface area contributed by atoms with E-state index in [1.165, 1.54) is 11.5 Å². The van der Waals surface area contributed by atoms with Crippen LogP contribution in [-0.4, -0.2) is 35.7 Å². The van der Waals surface area contributed by atoms with Gasteiger partial charge in [-0.05, 0) is 12.1 Å². The molecule has 0 atom stereocenters. The zero-order valence-corrected chi connectivity index (χ0v) is 8.80. The molecule has 0 radical (unpaired) electrons. The fourth-order valence-corrected chi connectivity index (χ4v) is 1.93. The van der Waals surface area contributed by atoms with Crippen molar-refractivity contribution in [3.8, 4) is 5.75 Å². The van der Waals surface area contributed by atoms with Crippen molar-refractivity contribution < 1.29 is 4.74 Å². The molecular formula is C10H14N2OS. The summed E-state index contributed by atoms with van der Waals surface area (Å²) in [5.41, 5.74) is 0. The summed E-state index contributed by atoms with van der Waals surface area (Å²) in [5.74, 6) is 3.33. The topological polar surface area (TPSA) is 34.1 Å². The molecule has 0 aromatic carbocycles. The molecule has 1 aliphatic heterocycles. The normalized spacial score (nSPS) is 16.3. The minimum absolute atomic E-state index is 0.706. The molecule has 1 aromatic heterocycles. The maximum Gasteiger partial charge on any atom is 0.137 e. The first-order chi connectivity index (χ1) is 6.95. The molecule has 0 bridgehead atoms. The van der Waals surface area contributed by atoms with E-state index in [9.17, 15) is 0 Å². The summed E-state index contributed by atoms with van der Waals surface area (Å²) in [5, 5.41) is 3.42. The van der Waals surface area contributed by atoms with Gasteiger partial charge in [0.15, 0.2) is 0 Å². The maximum atomic E-state index is 5.49. The highest BCUT2D eigenvalue weighted by Crippen LogP contribution is 2.16. The summed E-state index contributed by atoms with van der Waals surface area (Å²) in [6.07, 6.45) is 3.48. The third-order valence-corrected chi connectivity index (χ3v) is 3.35. The van der Waals surface area contributed by atoms with E-state index in [0.29, 0.717) is 12.6 Å². The lowest BCUT2D eigenvalue weighted by Gasteiger charge is -2.25. The number of thioether (sulfide) groups is 1. The molecule has 1 N–H and O–H groups in total. The molecule has 0 unspecified atom stereocenters. The van der Waals surface area contributed by atoms with Crippen molar-refractivity contribution in [2.75, 3.05) is 24.7 Å². The summed E-state index contributed by atoms with van der Waals surface area (Å²) >= 11 is 1.99. The van der Waals surface area contributed by atoms with Crippen molar-refractivity contribution in [2.24, 2.45) is 0 Å². The van der Waals surface area contributed by atoms with Gasteiger partial charge in [0.05, 0.1) is 6.20 Å². The zero-order valence-electron chi connectivity index (χ0n) is 7.98. The van der Waals surface area contributed by atoms with Crippen LogP contribution in [0.2, 0.25) is 0 Å². The minimum atomic E-state index is 0.706. The van der Waals surface area contributed by atoms with Crippen LogP contribution in [0.1, 0.15) is 0 Å². The number of ether oxygens (including phenoxy) is 1. The summed E-state index contributed by atoms with van der Waals surface area (Å²) in [7, 11) is 0. The smallest absolute Gasteiger partial charge is 0.137 e. The summed E-state index contributed by atoms with van der Waals surface area (Å²) in [6, 6.07) is 4.51. The Hall–Kier alpha value is -0.740. The Kier molecular flexibility index (Phi) is 3.65. The van der Waals surface area contributed by atoms with Crippen molar-refractivity contribution in [2.45, 2.75) is 6.04 Å². The molecule has 0 aliphatic carbocycles. The largest absolute Gasteiger partial charge is 0.491 e. The van der Waals surface area contributed by atoms with Crippen LogP contribution in [0.5, 0.6) is 5.75 Å². The Morgan fingerprint density at radius 1 is 1.57 bits per heavy atom. The van der Waals surface area contributed by atoms with Crippen molar-refractivity contribution in [3.05, 3.63) is 24.5 Å². The molecule has 14 heavy (non-hydrogen) atoms. The third kappa shape index (κ3) is 2.89. The van der Waals surface area contributed by atoms with Crippen LogP contribution in [0, 0.1) is 0 Å². The molecule has 0 spiro atoms. The van der Waals surface area contributed by atoms with Gasteiger partial charge in [0.2, 0.25) is 0 Å². The van der Waals surface area contributed by atoms with Crippen LogP contribution < -0.4 is 10.1 Å². The van der Waals surface area contributed by atoms with Crippen molar-refractivity contribution in [3.63, 3.8) is 0 Å². The first kappa shape index (κ1) is 9.80. The standard InChI is InChI=1S/C10H14N2OS/c1-2-10(6-11-3-1)13-5-4-12-9-7-14-8-9/h1-3,6,9,12H,4-5,7-8H2. The SMILES string of the molecule is c1cncc(OCCNC2CSC2)c1. The summed E-state index contributed by atoms with van der Waals surface area (Å²) in [6.45, 7) is 1.63. The second-order valence-electron chi connectivity index (χ2n) is 3.23. The van der Waals surface area contributed by atoms with Crippen molar-refractivity contribution >= 4 is 11.8 Å². The average Bonchev–Trinajstić information content (AvgIpc) is 2.16. The van der Waals surface area contributed by atoms with Gasteiger partial charge in [-0.2, -0.15) is 11.8 Å². The maximum absolute atomic E-state index is 5.49. The molecule has 2 heterocycles. The minimum Gasteiger partial charge on any atom is -0.491 e. The zero-order chi connectivity index (χ0) is 9.64. The van der Waals surface area contributed by atoms with Crippen molar-refractivity contribution in [1.29, 1.82) is 0 Å². The number of hydrogen-bond acceptors (Lipinski definition) is 4. The number of nitrogens with one attached hydrogen (secondary N) is 1. The van der Waals surface area contributed by atoms with E-state index in [4.69, 9.17) is 4.74 Å². The molecule has 1 aromatic rings. The van der Waals surface area contributed by atoms with Gasteiger partial charge in [0.25, 0.3) is 0 Å². The Balaban J connectivity index is 1.58. The van der Waals surface area contributed by atoms with Crippen LogP contribution in [-0.2, 0) is 0 Å². The van der Waals surface area contributed by atoms with E-state index < -0.39 is 0 Å². The van der Waals surface area contributed by atoms with E-state index in [0.717, 1.165) is 12.3 Å². The molecule has 0 amide bonds. The van der Waals surface area contributed by atoms with Crippen LogP contribution in [0.25, 0.3) is 0 Å². The fraction of sp³-hybridized carbons (Fsp3) is 0.500. The highest BCUT2D eigenvalue weighted by atomic mass is 32.2. The van der Waals surface area contributed by atoms with Gasteiger partial charge in [-0.25, -0.2) is 0 Å². The second-order valence-corrected chi connectivity index (χ2v) is 4.30. The van der Waals surface area contributed by atoms with Crippen LogP contribution in [0.4, 0.5) is 0 Å². The van der Waals surface area contributed by atoms with Crippen LogP contribution >= 0.6 is 11.8 Å². The fourth-order valence-electron chi connectivity index (χ4n) is 1.22. The molecule has 1 aliphatic rings.